The second-order valence-corrected chi connectivity index (χ2v) is 14.5. The Labute approximate surface area is 325 Å². The number of Topliss-reactive ketones (excluding diaryl/α,β-unsaturated/α-hetero) is 2. The monoisotopic (exact) mass is 789 g/mol. The molecule has 1 aliphatic heterocycles. The number of carbonyl (C=O) groups is 3. The molecule has 0 spiro atoms. The lowest BCUT2D eigenvalue weighted by atomic mass is 9.57. The lowest BCUT2D eigenvalue weighted by Crippen LogP contribution is -2.73. The quantitative estimate of drug-likeness (QED) is 0.0895. The molecule has 8 N–H and O–H groups in total. The number of aryl methyl sites for hydroxylation is 1. The zero-order valence-electron chi connectivity index (χ0n) is 31.6. The normalized spacial score (nSPS) is 28.0. The summed E-state index contributed by atoms with van der Waals surface area (Å²) >= 11 is 0. The van der Waals surface area contributed by atoms with Crippen molar-refractivity contribution in [2.24, 2.45) is 5.92 Å². The summed E-state index contributed by atoms with van der Waals surface area (Å²) in [6.45, 7) is 2.49. The molecule has 0 aromatic heterocycles. The minimum absolute atomic E-state index is 0.0268. The van der Waals surface area contributed by atoms with Crippen molar-refractivity contribution >= 4 is 34.0 Å². The first-order valence-corrected chi connectivity index (χ1v) is 18.1. The molecule has 16 heteroatoms. The highest BCUT2D eigenvalue weighted by atomic mass is 16.6. The summed E-state index contributed by atoms with van der Waals surface area (Å²) in [5.41, 5.74) is -7.54. The number of anilines is 1. The van der Waals surface area contributed by atoms with Crippen LogP contribution in [0.4, 0.5) is 5.69 Å². The van der Waals surface area contributed by atoms with Gasteiger partial charge in [0.25, 0.3) is 0 Å². The Bertz CT molecular complexity index is 2300. The molecule has 0 radical (unpaired) electrons. The van der Waals surface area contributed by atoms with Crippen molar-refractivity contribution in [2.45, 2.75) is 68.7 Å². The number of nitrogens with one attached hydrogen (secondary N) is 1. The summed E-state index contributed by atoms with van der Waals surface area (Å²) in [5, 5.41) is 83.7. The Balaban J connectivity index is 1.47. The van der Waals surface area contributed by atoms with Gasteiger partial charge in [0, 0.05) is 43.2 Å². The number of benzene rings is 4. The van der Waals surface area contributed by atoms with E-state index in [4.69, 9.17) is 23.7 Å². The molecule has 2 aliphatic carbocycles. The predicted octanol–water partition coefficient (Wildman–Crippen LogP) is 2.34. The Hall–Kier alpha value is -5.33. The first-order chi connectivity index (χ1) is 27.1. The maximum Gasteiger partial charge on any atom is 0.341 e. The zero-order valence-corrected chi connectivity index (χ0v) is 31.6. The number of aromatic hydroxyl groups is 3. The third kappa shape index (κ3) is 5.66. The highest BCUT2D eigenvalue weighted by Crippen LogP contribution is 2.58. The molecular formula is C41H43NO15. The van der Waals surface area contributed by atoms with Crippen LogP contribution in [0.2, 0.25) is 0 Å². The number of aliphatic hydroxyl groups excluding tert-OH is 3. The molecule has 8 atom stereocenters. The number of esters is 1. The number of phenolic OH excluding ortho intramolecular Hbond substituents is 3. The molecule has 0 bridgehead atoms. The minimum Gasteiger partial charge on any atom is -0.507 e. The molecule has 1 fully saturated rings. The van der Waals surface area contributed by atoms with Crippen LogP contribution in [0.15, 0.2) is 48.5 Å². The number of ether oxygens (including phenoxy) is 5. The fourth-order valence-corrected chi connectivity index (χ4v) is 8.76. The van der Waals surface area contributed by atoms with Crippen LogP contribution in [-0.4, -0.2) is 117 Å². The molecule has 1 unspecified atom stereocenters. The van der Waals surface area contributed by atoms with Gasteiger partial charge in [-0.05, 0) is 36.6 Å². The lowest BCUT2D eigenvalue weighted by molar-refractivity contribution is -0.201. The first kappa shape index (κ1) is 39.9. The van der Waals surface area contributed by atoms with Crippen molar-refractivity contribution in [3.05, 3.63) is 87.5 Å². The summed E-state index contributed by atoms with van der Waals surface area (Å²) in [5.74, 6) is -6.99. The number of aliphatic hydroxyl groups is 4. The van der Waals surface area contributed by atoms with Crippen LogP contribution < -0.4 is 10.1 Å². The number of carbonyl (C=O) groups excluding carboxylic acids is 3. The molecule has 1 heterocycles. The van der Waals surface area contributed by atoms with Gasteiger partial charge in [-0.1, -0.05) is 36.4 Å². The molecule has 16 nitrogen and oxygen atoms in total. The average molecular weight is 790 g/mol. The van der Waals surface area contributed by atoms with Gasteiger partial charge in [-0.2, -0.15) is 0 Å². The van der Waals surface area contributed by atoms with Crippen LogP contribution in [0.5, 0.6) is 23.0 Å². The molecule has 302 valence electrons. The van der Waals surface area contributed by atoms with E-state index in [-0.39, 0.29) is 39.9 Å². The van der Waals surface area contributed by atoms with Crippen molar-refractivity contribution in [2.75, 3.05) is 33.3 Å². The van der Waals surface area contributed by atoms with Crippen molar-refractivity contribution in [3.8, 4) is 23.0 Å². The average Bonchev–Trinajstić information content (AvgIpc) is 3.17. The van der Waals surface area contributed by atoms with Gasteiger partial charge in [0.05, 0.1) is 54.6 Å². The summed E-state index contributed by atoms with van der Waals surface area (Å²) in [6, 6.07) is 12.6. The number of ketones is 2. The van der Waals surface area contributed by atoms with Gasteiger partial charge in [0.15, 0.2) is 11.2 Å². The van der Waals surface area contributed by atoms with E-state index < -0.39 is 118 Å². The third-order valence-corrected chi connectivity index (χ3v) is 11.5. The van der Waals surface area contributed by atoms with Crippen LogP contribution in [0, 0.1) is 12.8 Å². The van der Waals surface area contributed by atoms with Gasteiger partial charge < -0.3 is 64.7 Å². The number of fused-ring (bicyclic) bond motifs is 5. The summed E-state index contributed by atoms with van der Waals surface area (Å²) in [6.07, 6.45) is -6.15. The standard InChI is InChI=1S/C41H43NO15/c1-17-11-20-12-26(44)41(55-5)37(50)29-22(36(49)40(41,52)30(20)34(48)27(17)39(51)54-4)13-21-28(33(29)47)25(56-16-19-9-7-6-8-10-19)14-24(31(21)45)42-38-23(15-43)32(46)35(53-3)18(2)57-38/h6-11,13-14,18,23,26,32,35,38,42-48,52H,12,15-16H2,1-5H3/t18-,23+,26+,32-,35-,38?,40-,41+/m0/s1. The van der Waals surface area contributed by atoms with E-state index in [1.165, 1.54) is 26.2 Å². The lowest BCUT2D eigenvalue weighted by Gasteiger charge is -2.52. The van der Waals surface area contributed by atoms with Crippen molar-refractivity contribution in [1.29, 1.82) is 0 Å². The predicted molar refractivity (Wildman–Crippen MR) is 200 cm³/mol. The molecule has 4 aromatic carbocycles. The SMILES string of the molecule is COC(=O)c1c(C)cc2c(c1O)[C@]1(O)C(=O)c3cc4c(O)c(NC5O[C@@H](C)[C@H](OC)[C@@H](O)[C@H]5CO)cc(OCc5ccccc5)c4c(O)c3C(=O)[C@]1(OC)[C@H](O)C2. The molecule has 1 saturated heterocycles. The smallest absolute Gasteiger partial charge is 0.341 e. The second kappa shape index (κ2) is 14.6. The van der Waals surface area contributed by atoms with Gasteiger partial charge in [-0.15, -0.1) is 0 Å². The summed E-state index contributed by atoms with van der Waals surface area (Å²) in [4.78, 5) is 42.6. The summed E-state index contributed by atoms with van der Waals surface area (Å²) in [7, 11) is 3.42. The Morgan fingerprint density at radius 3 is 2.32 bits per heavy atom. The first-order valence-electron chi connectivity index (χ1n) is 18.1. The minimum atomic E-state index is -3.20. The number of rotatable bonds is 9. The molecular weight excluding hydrogens is 746 g/mol. The van der Waals surface area contributed by atoms with E-state index in [0.29, 0.717) is 5.56 Å². The van der Waals surface area contributed by atoms with E-state index in [1.54, 1.807) is 37.3 Å². The highest BCUT2D eigenvalue weighted by molar-refractivity contribution is 6.27. The van der Waals surface area contributed by atoms with E-state index >= 15 is 0 Å². The van der Waals surface area contributed by atoms with Gasteiger partial charge in [-0.3, -0.25) is 9.59 Å². The maximum atomic E-state index is 14.9. The summed E-state index contributed by atoms with van der Waals surface area (Å²) < 4.78 is 28.1. The van der Waals surface area contributed by atoms with Gasteiger partial charge >= 0.3 is 5.97 Å². The zero-order chi connectivity index (χ0) is 41.3. The Morgan fingerprint density at radius 1 is 0.982 bits per heavy atom. The molecule has 4 aromatic rings. The van der Waals surface area contributed by atoms with Gasteiger partial charge in [0.2, 0.25) is 11.6 Å². The topological polar surface area (TPSA) is 251 Å². The fraction of sp³-hybridized carbons (Fsp3) is 0.390. The van der Waals surface area contributed by atoms with Crippen molar-refractivity contribution in [1.82, 2.24) is 0 Å². The van der Waals surface area contributed by atoms with Crippen molar-refractivity contribution in [3.63, 3.8) is 0 Å². The Morgan fingerprint density at radius 2 is 1.68 bits per heavy atom. The molecule has 7 rings (SSSR count). The van der Waals surface area contributed by atoms with Crippen LogP contribution >= 0.6 is 0 Å². The van der Waals surface area contributed by atoms with Crippen LogP contribution in [0.25, 0.3) is 10.8 Å². The van der Waals surface area contributed by atoms with Crippen LogP contribution in [0.1, 0.15) is 60.3 Å². The second-order valence-electron chi connectivity index (χ2n) is 14.5. The van der Waals surface area contributed by atoms with E-state index in [2.05, 4.69) is 5.32 Å². The van der Waals surface area contributed by atoms with Crippen LogP contribution in [-0.2, 0) is 37.6 Å². The highest BCUT2D eigenvalue weighted by Gasteiger charge is 2.72. The molecule has 3 aliphatic rings. The number of phenols is 3. The van der Waals surface area contributed by atoms with E-state index in [0.717, 1.165) is 20.3 Å². The maximum absolute atomic E-state index is 14.9. The van der Waals surface area contributed by atoms with Gasteiger partial charge in [0.1, 0.15) is 47.5 Å². The van der Waals surface area contributed by atoms with E-state index in [1.807, 2.05) is 0 Å². The number of methoxy groups -OCH3 is 3. The Kier molecular flexibility index (Phi) is 10.2. The molecule has 0 saturated carbocycles. The third-order valence-electron chi connectivity index (χ3n) is 11.5. The molecule has 0 amide bonds. The van der Waals surface area contributed by atoms with Crippen LogP contribution in [0.3, 0.4) is 0 Å². The molecule has 57 heavy (non-hydrogen) atoms. The largest absolute Gasteiger partial charge is 0.507 e. The van der Waals surface area contributed by atoms with Gasteiger partial charge in [-0.25, -0.2) is 4.79 Å². The number of hydrogen-bond acceptors (Lipinski definition) is 16. The number of hydrogen-bond donors (Lipinski definition) is 8. The van der Waals surface area contributed by atoms with E-state index in [9.17, 15) is 50.1 Å². The van der Waals surface area contributed by atoms with Crippen molar-refractivity contribution < 1.29 is 73.8 Å². The fourth-order valence-electron chi connectivity index (χ4n) is 8.76.